The molecule has 3 aromatic rings. The predicted octanol–water partition coefficient (Wildman–Crippen LogP) is 3.53. The minimum absolute atomic E-state index is 0.00126. The number of carbonyl (C=O) groups is 3. The molecule has 0 spiro atoms. The van der Waals surface area contributed by atoms with Crippen molar-refractivity contribution >= 4 is 28.7 Å². The number of fused-ring (bicyclic) bond motifs is 1. The van der Waals surface area contributed by atoms with Crippen molar-refractivity contribution in [3.05, 3.63) is 64.9 Å². The highest BCUT2D eigenvalue weighted by Gasteiger charge is 2.24. The van der Waals surface area contributed by atoms with Crippen molar-refractivity contribution in [3.8, 4) is 5.75 Å². The maximum absolute atomic E-state index is 14.9. The SMILES string of the molecule is Cc1c(CCC(=O)N[C@@H](C)CC(=O)O)c2c(F)c(O)ccc2n1C(=O)c1cccc(F)c1. The van der Waals surface area contributed by atoms with E-state index in [1.54, 1.807) is 13.8 Å². The molecule has 32 heavy (non-hydrogen) atoms. The van der Waals surface area contributed by atoms with Gasteiger partial charge in [0, 0.05) is 29.1 Å². The van der Waals surface area contributed by atoms with E-state index in [4.69, 9.17) is 5.11 Å². The minimum atomic E-state index is -1.05. The Morgan fingerprint density at radius 2 is 1.88 bits per heavy atom. The number of aromatic nitrogens is 1. The van der Waals surface area contributed by atoms with Crippen LogP contribution in [0.3, 0.4) is 0 Å². The molecular formula is C23H22F2N2O5. The molecule has 0 aliphatic carbocycles. The van der Waals surface area contributed by atoms with Crippen LogP contribution >= 0.6 is 0 Å². The molecule has 3 N–H and O–H groups in total. The summed E-state index contributed by atoms with van der Waals surface area (Å²) in [7, 11) is 0. The van der Waals surface area contributed by atoms with E-state index in [-0.39, 0.29) is 35.7 Å². The summed E-state index contributed by atoms with van der Waals surface area (Å²) in [6, 6.07) is 7.01. The predicted molar refractivity (Wildman–Crippen MR) is 113 cm³/mol. The molecule has 9 heteroatoms. The fourth-order valence-electron chi connectivity index (χ4n) is 3.74. The van der Waals surface area contributed by atoms with E-state index in [0.29, 0.717) is 11.3 Å². The zero-order valence-corrected chi connectivity index (χ0v) is 17.5. The third-order valence-electron chi connectivity index (χ3n) is 5.18. The lowest BCUT2D eigenvalue weighted by molar-refractivity contribution is -0.137. The third-order valence-corrected chi connectivity index (χ3v) is 5.18. The summed E-state index contributed by atoms with van der Waals surface area (Å²) in [5.74, 6) is -4.19. The highest BCUT2D eigenvalue weighted by Crippen LogP contribution is 2.34. The van der Waals surface area contributed by atoms with Crippen molar-refractivity contribution in [1.82, 2.24) is 9.88 Å². The Morgan fingerprint density at radius 3 is 2.53 bits per heavy atom. The second kappa shape index (κ2) is 9.17. The van der Waals surface area contributed by atoms with E-state index in [1.165, 1.54) is 28.8 Å². The van der Waals surface area contributed by atoms with Crippen molar-refractivity contribution < 1.29 is 33.4 Å². The molecule has 1 aromatic heterocycles. The molecule has 0 radical (unpaired) electrons. The van der Waals surface area contributed by atoms with Gasteiger partial charge in [0.15, 0.2) is 11.6 Å². The molecular weight excluding hydrogens is 422 g/mol. The number of carboxylic acids is 1. The number of aliphatic carboxylic acids is 1. The second-order valence-electron chi connectivity index (χ2n) is 7.57. The first kappa shape index (κ1) is 22.9. The number of carbonyl (C=O) groups excluding carboxylic acids is 2. The Bertz CT molecular complexity index is 1220. The van der Waals surface area contributed by atoms with Crippen LogP contribution in [-0.4, -0.2) is 38.6 Å². The lowest BCUT2D eigenvalue weighted by Crippen LogP contribution is -2.34. The maximum atomic E-state index is 14.9. The molecule has 0 unspecified atom stereocenters. The largest absolute Gasteiger partial charge is 0.505 e. The van der Waals surface area contributed by atoms with Crippen LogP contribution in [0.4, 0.5) is 8.78 Å². The number of nitrogens with one attached hydrogen (secondary N) is 1. The number of phenolic OH excluding ortho intramolecular Hbond substituents is 1. The third kappa shape index (κ3) is 4.61. The fraction of sp³-hybridized carbons (Fsp3) is 0.261. The standard InChI is InChI=1S/C23H22F2N2O5/c1-12(10-20(30)31)26-19(29)9-6-16-13(2)27(17-7-8-18(28)22(25)21(16)17)23(32)14-4-3-5-15(24)11-14/h3-5,7-8,11-12,28H,6,9-10H2,1-2H3,(H,26,29)(H,30,31)/t12-/m0/s1. The van der Waals surface area contributed by atoms with E-state index < -0.39 is 41.2 Å². The van der Waals surface area contributed by atoms with Gasteiger partial charge in [-0.05, 0) is 56.2 Å². The monoisotopic (exact) mass is 444 g/mol. The lowest BCUT2D eigenvalue weighted by atomic mass is 10.0. The molecule has 1 heterocycles. The molecule has 7 nitrogen and oxygen atoms in total. The Balaban J connectivity index is 1.99. The summed E-state index contributed by atoms with van der Waals surface area (Å²) in [6.07, 6.45) is -0.292. The summed E-state index contributed by atoms with van der Waals surface area (Å²) in [4.78, 5) is 36.1. The molecule has 1 amide bonds. The summed E-state index contributed by atoms with van der Waals surface area (Å²) < 4.78 is 29.7. The highest BCUT2D eigenvalue weighted by molar-refractivity contribution is 6.04. The normalized spacial score (nSPS) is 12.0. The van der Waals surface area contributed by atoms with Crippen LogP contribution in [0.25, 0.3) is 10.9 Å². The number of amides is 1. The van der Waals surface area contributed by atoms with E-state index >= 15 is 0 Å². The lowest BCUT2D eigenvalue weighted by Gasteiger charge is -2.11. The highest BCUT2D eigenvalue weighted by atomic mass is 19.1. The molecule has 0 saturated carbocycles. The van der Waals surface area contributed by atoms with Gasteiger partial charge in [-0.25, -0.2) is 8.78 Å². The Morgan fingerprint density at radius 1 is 1.16 bits per heavy atom. The number of halogens is 2. The summed E-state index contributed by atoms with van der Waals surface area (Å²) in [6.45, 7) is 3.13. The van der Waals surface area contributed by atoms with E-state index in [2.05, 4.69) is 5.32 Å². The first-order valence-electron chi connectivity index (χ1n) is 9.93. The Labute approximate surface area is 182 Å². The van der Waals surface area contributed by atoms with Crippen LogP contribution in [0.15, 0.2) is 36.4 Å². The van der Waals surface area contributed by atoms with Gasteiger partial charge in [-0.2, -0.15) is 0 Å². The smallest absolute Gasteiger partial charge is 0.305 e. The number of rotatable bonds is 7. The molecule has 0 fully saturated rings. The Hall–Kier alpha value is -3.75. The number of benzene rings is 2. The van der Waals surface area contributed by atoms with Crippen molar-refractivity contribution in [2.45, 2.75) is 39.2 Å². The van der Waals surface area contributed by atoms with Gasteiger partial charge in [0.05, 0.1) is 11.9 Å². The van der Waals surface area contributed by atoms with Crippen LogP contribution < -0.4 is 5.32 Å². The van der Waals surface area contributed by atoms with Gasteiger partial charge in [-0.3, -0.25) is 19.0 Å². The van der Waals surface area contributed by atoms with Crippen LogP contribution in [0, 0.1) is 18.6 Å². The molecule has 0 bridgehead atoms. The van der Waals surface area contributed by atoms with E-state index in [9.17, 15) is 28.3 Å². The average molecular weight is 444 g/mol. The number of carboxylic acid groups (broad SMARTS) is 1. The van der Waals surface area contributed by atoms with Gasteiger partial charge < -0.3 is 15.5 Å². The molecule has 1 atom stereocenters. The number of nitrogens with zero attached hydrogens (tertiary/aromatic N) is 1. The summed E-state index contributed by atoms with van der Waals surface area (Å²) >= 11 is 0. The molecule has 0 aliphatic rings. The van der Waals surface area contributed by atoms with Crippen LogP contribution in [0.1, 0.15) is 41.4 Å². The van der Waals surface area contributed by atoms with Gasteiger partial charge in [-0.15, -0.1) is 0 Å². The average Bonchev–Trinajstić information content (AvgIpc) is 2.99. The molecule has 168 valence electrons. The first-order valence-corrected chi connectivity index (χ1v) is 9.93. The maximum Gasteiger partial charge on any atom is 0.305 e. The van der Waals surface area contributed by atoms with Gasteiger partial charge in [0.1, 0.15) is 5.82 Å². The zero-order chi connectivity index (χ0) is 23.6. The molecule has 3 rings (SSSR count). The van der Waals surface area contributed by atoms with Crippen molar-refractivity contribution in [1.29, 1.82) is 0 Å². The van der Waals surface area contributed by atoms with Gasteiger partial charge >= 0.3 is 5.97 Å². The summed E-state index contributed by atoms with van der Waals surface area (Å²) in [5, 5.41) is 21.2. The Kier molecular flexibility index (Phi) is 6.57. The summed E-state index contributed by atoms with van der Waals surface area (Å²) in [5.41, 5.74) is 0.941. The van der Waals surface area contributed by atoms with Crippen molar-refractivity contribution in [3.63, 3.8) is 0 Å². The molecule has 2 aromatic carbocycles. The number of aromatic hydroxyl groups is 1. The van der Waals surface area contributed by atoms with Crippen molar-refractivity contribution in [2.75, 3.05) is 0 Å². The van der Waals surface area contributed by atoms with Crippen LogP contribution in [0.2, 0.25) is 0 Å². The number of hydrogen-bond donors (Lipinski definition) is 3. The fourth-order valence-corrected chi connectivity index (χ4v) is 3.74. The topological polar surface area (TPSA) is 109 Å². The number of phenols is 1. The second-order valence-corrected chi connectivity index (χ2v) is 7.57. The van der Waals surface area contributed by atoms with Crippen LogP contribution in [-0.2, 0) is 16.0 Å². The zero-order valence-electron chi connectivity index (χ0n) is 17.5. The van der Waals surface area contributed by atoms with Gasteiger partial charge in [0.25, 0.3) is 5.91 Å². The number of hydrogen-bond acceptors (Lipinski definition) is 4. The minimum Gasteiger partial charge on any atom is -0.505 e. The van der Waals surface area contributed by atoms with Gasteiger partial charge in [0.2, 0.25) is 5.91 Å². The first-order chi connectivity index (χ1) is 15.1. The van der Waals surface area contributed by atoms with Crippen molar-refractivity contribution in [2.24, 2.45) is 0 Å². The van der Waals surface area contributed by atoms with E-state index in [1.807, 2.05) is 0 Å². The quantitative estimate of drug-likeness (QED) is 0.517. The van der Waals surface area contributed by atoms with Gasteiger partial charge in [-0.1, -0.05) is 6.07 Å². The number of aryl methyl sites for hydroxylation is 1. The van der Waals surface area contributed by atoms with E-state index in [0.717, 1.165) is 12.1 Å². The molecule has 0 saturated heterocycles. The molecule has 0 aliphatic heterocycles. The van der Waals surface area contributed by atoms with Crippen LogP contribution in [0.5, 0.6) is 5.75 Å².